The lowest BCUT2D eigenvalue weighted by Gasteiger charge is -2.37. The summed E-state index contributed by atoms with van der Waals surface area (Å²) in [6, 6.07) is 8.86. The molecule has 0 aromatic heterocycles. The SMILES string of the molecule is Cc1ccc(CCC2(CN)CCCCN2)cc1. The second-order valence-corrected chi connectivity index (χ2v) is 5.35. The average molecular weight is 232 g/mol. The molecule has 1 atom stereocenters. The highest BCUT2D eigenvalue weighted by Gasteiger charge is 2.29. The van der Waals surface area contributed by atoms with Gasteiger partial charge in [-0.1, -0.05) is 36.2 Å². The highest BCUT2D eigenvalue weighted by Crippen LogP contribution is 2.23. The van der Waals surface area contributed by atoms with Crippen molar-refractivity contribution in [2.45, 2.75) is 44.6 Å². The fraction of sp³-hybridized carbons (Fsp3) is 0.600. The summed E-state index contributed by atoms with van der Waals surface area (Å²) in [5.74, 6) is 0. The van der Waals surface area contributed by atoms with Crippen molar-refractivity contribution >= 4 is 0 Å². The van der Waals surface area contributed by atoms with Gasteiger partial charge in [0.1, 0.15) is 0 Å². The Hall–Kier alpha value is -0.860. The number of benzene rings is 1. The van der Waals surface area contributed by atoms with Crippen LogP contribution in [0.4, 0.5) is 0 Å². The lowest BCUT2D eigenvalue weighted by Crippen LogP contribution is -2.54. The molecule has 0 bridgehead atoms. The smallest absolute Gasteiger partial charge is 0.0307 e. The molecule has 2 nitrogen and oxygen atoms in total. The summed E-state index contributed by atoms with van der Waals surface area (Å²) in [4.78, 5) is 0. The van der Waals surface area contributed by atoms with E-state index in [4.69, 9.17) is 5.73 Å². The van der Waals surface area contributed by atoms with Gasteiger partial charge in [0.25, 0.3) is 0 Å². The maximum Gasteiger partial charge on any atom is 0.0307 e. The Balaban J connectivity index is 1.93. The molecular weight excluding hydrogens is 208 g/mol. The molecular formula is C15H24N2. The van der Waals surface area contributed by atoms with Gasteiger partial charge in [-0.2, -0.15) is 0 Å². The zero-order valence-corrected chi connectivity index (χ0v) is 10.8. The van der Waals surface area contributed by atoms with Gasteiger partial charge in [-0.15, -0.1) is 0 Å². The molecule has 0 amide bonds. The lowest BCUT2D eigenvalue weighted by atomic mass is 9.83. The van der Waals surface area contributed by atoms with Crippen molar-refractivity contribution in [3.63, 3.8) is 0 Å². The van der Waals surface area contributed by atoms with Crippen molar-refractivity contribution in [1.82, 2.24) is 5.32 Å². The van der Waals surface area contributed by atoms with Gasteiger partial charge in [0, 0.05) is 12.1 Å². The molecule has 1 saturated heterocycles. The van der Waals surface area contributed by atoms with E-state index in [0.717, 1.165) is 25.9 Å². The monoisotopic (exact) mass is 232 g/mol. The number of aryl methyl sites for hydroxylation is 2. The Bertz CT molecular complexity index is 336. The first-order valence-electron chi connectivity index (χ1n) is 6.75. The number of nitrogens with one attached hydrogen (secondary N) is 1. The van der Waals surface area contributed by atoms with E-state index in [0.29, 0.717) is 0 Å². The largest absolute Gasteiger partial charge is 0.329 e. The summed E-state index contributed by atoms with van der Waals surface area (Å²) in [6.07, 6.45) is 6.14. The minimum atomic E-state index is 0.198. The fourth-order valence-corrected chi connectivity index (χ4v) is 2.66. The molecule has 1 aromatic rings. The first kappa shape index (κ1) is 12.6. The quantitative estimate of drug-likeness (QED) is 0.836. The Morgan fingerprint density at radius 1 is 1.24 bits per heavy atom. The molecule has 1 aliphatic rings. The standard InChI is InChI=1S/C15H24N2/c1-13-4-6-14(7-5-13)8-10-15(12-16)9-2-3-11-17-15/h4-7,17H,2-3,8-12,16H2,1H3. The molecule has 17 heavy (non-hydrogen) atoms. The van der Waals surface area contributed by atoms with Crippen molar-refractivity contribution in [2.75, 3.05) is 13.1 Å². The normalized spacial score (nSPS) is 24.8. The molecule has 0 aliphatic carbocycles. The first-order valence-corrected chi connectivity index (χ1v) is 6.75. The van der Waals surface area contributed by atoms with Crippen molar-refractivity contribution in [1.29, 1.82) is 0 Å². The van der Waals surface area contributed by atoms with Crippen LogP contribution in [0.15, 0.2) is 24.3 Å². The third-order valence-corrected chi connectivity index (χ3v) is 3.99. The van der Waals surface area contributed by atoms with Crippen LogP contribution in [0.2, 0.25) is 0 Å². The summed E-state index contributed by atoms with van der Waals surface area (Å²) in [5.41, 5.74) is 8.92. The van der Waals surface area contributed by atoms with Gasteiger partial charge in [0.05, 0.1) is 0 Å². The summed E-state index contributed by atoms with van der Waals surface area (Å²) < 4.78 is 0. The molecule has 1 heterocycles. The molecule has 1 fully saturated rings. The topological polar surface area (TPSA) is 38.0 Å². The third kappa shape index (κ3) is 3.30. The molecule has 0 spiro atoms. The highest BCUT2D eigenvalue weighted by molar-refractivity contribution is 5.21. The van der Waals surface area contributed by atoms with Crippen LogP contribution in [0.5, 0.6) is 0 Å². The highest BCUT2D eigenvalue weighted by atomic mass is 15.0. The van der Waals surface area contributed by atoms with E-state index in [9.17, 15) is 0 Å². The molecule has 0 radical (unpaired) electrons. The van der Waals surface area contributed by atoms with E-state index >= 15 is 0 Å². The first-order chi connectivity index (χ1) is 8.24. The number of nitrogens with two attached hydrogens (primary N) is 1. The maximum atomic E-state index is 5.96. The molecule has 2 rings (SSSR count). The molecule has 1 aromatic carbocycles. The summed E-state index contributed by atoms with van der Waals surface area (Å²) in [6.45, 7) is 4.03. The second-order valence-electron chi connectivity index (χ2n) is 5.35. The number of piperidine rings is 1. The minimum absolute atomic E-state index is 0.198. The zero-order chi connectivity index (χ0) is 12.1. The molecule has 2 heteroatoms. The molecule has 3 N–H and O–H groups in total. The van der Waals surface area contributed by atoms with Crippen LogP contribution in [0.3, 0.4) is 0 Å². The third-order valence-electron chi connectivity index (χ3n) is 3.99. The molecule has 1 aliphatic heterocycles. The van der Waals surface area contributed by atoms with Crippen LogP contribution >= 0.6 is 0 Å². The van der Waals surface area contributed by atoms with Crippen LogP contribution in [-0.2, 0) is 6.42 Å². The Kier molecular flexibility index (Phi) is 4.19. The second kappa shape index (κ2) is 5.65. The number of rotatable bonds is 4. The predicted molar refractivity (Wildman–Crippen MR) is 73.1 cm³/mol. The van der Waals surface area contributed by atoms with E-state index in [1.807, 2.05) is 0 Å². The molecule has 94 valence electrons. The number of hydrogen-bond donors (Lipinski definition) is 2. The number of hydrogen-bond acceptors (Lipinski definition) is 2. The van der Waals surface area contributed by atoms with Gasteiger partial charge in [0.15, 0.2) is 0 Å². The maximum absolute atomic E-state index is 5.96. The Morgan fingerprint density at radius 3 is 2.59 bits per heavy atom. The van der Waals surface area contributed by atoms with Crippen LogP contribution in [-0.4, -0.2) is 18.6 Å². The summed E-state index contributed by atoms with van der Waals surface area (Å²) in [7, 11) is 0. The van der Waals surface area contributed by atoms with Crippen molar-refractivity contribution < 1.29 is 0 Å². The summed E-state index contributed by atoms with van der Waals surface area (Å²) in [5, 5.41) is 3.64. The van der Waals surface area contributed by atoms with Gasteiger partial charge in [-0.3, -0.25) is 0 Å². The zero-order valence-electron chi connectivity index (χ0n) is 10.8. The van der Waals surface area contributed by atoms with Gasteiger partial charge in [0.2, 0.25) is 0 Å². The van der Waals surface area contributed by atoms with E-state index < -0.39 is 0 Å². The van der Waals surface area contributed by atoms with Crippen molar-refractivity contribution in [3.8, 4) is 0 Å². The van der Waals surface area contributed by atoms with Gasteiger partial charge in [-0.25, -0.2) is 0 Å². The molecule has 0 saturated carbocycles. The summed E-state index contributed by atoms with van der Waals surface area (Å²) >= 11 is 0. The Labute approximate surface area is 105 Å². The Morgan fingerprint density at radius 2 is 2.00 bits per heavy atom. The fourth-order valence-electron chi connectivity index (χ4n) is 2.66. The van der Waals surface area contributed by atoms with Gasteiger partial charge in [-0.05, 0) is 44.7 Å². The van der Waals surface area contributed by atoms with Crippen LogP contribution in [0.1, 0.15) is 36.8 Å². The van der Waals surface area contributed by atoms with Crippen LogP contribution in [0.25, 0.3) is 0 Å². The van der Waals surface area contributed by atoms with Crippen molar-refractivity contribution in [3.05, 3.63) is 35.4 Å². The van der Waals surface area contributed by atoms with E-state index in [-0.39, 0.29) is 5.54 Å². The van der Waals surface area contributed by atoms with Crippen LogP contribution < -0.4 is 11.1 Å². The van der Waals surface area contributed by atoms with E-state index in [1.165, 1.54) is 30.4 Å². The minimum Gasteiger partial charge on any atom is -0.329 e. The van der Waals surface area contributed by atoms with E-state index in [2.05, 4.69) is 36.5 Å². The van der Waals surface area contributed by atoms with Crippen LogP contribution in [0, 0.1) is 6.92 Å². The molecule has 1 unspecified atom stereocenters. The average Bonchev–Trinajstić information content (AvgIpc) is 2.39. The van der Waals surface area contributed by atoms with E-state index in [1.54, 1.807) is 0 Å². The predicted octanol–water partition coefficient (Wildman–Crippen LogP) is 2.40. The van der Waals surface area contributed by atoms with Gasteiger partial charge >= 0.3 is 0 Å². The van der Waals surface area contributed by atoms with Crippen molar-refractivity contribution in [2.24, 2.45) is 5.73 Å². The lowest BCUT2D eigenvalue weighted by molar-refractivity contribution is 0.245. The van der Waals surface area contributed by atoms with Gasteiger partial charge < -0.3 is 11.1 Å².